The van der Waals surface area contributed by atoms with Crippen molar-refractivity contribution in [3.8, 4) is 11.5 Å². The molecule has 144 valence electrons. The van der Waals surface area contributed by atoms with E-state index < -0.39 is 16.0 Å². The van der Waals surface area contributed by atoms with Gasteiger partial charge in [-0.15, -0.1) is 0 Å². The molecule has 0 N–H and O–H groups in total. The van der Waals surface area contributed by atoms with Crippen LogP contribution in [0.3, 0.4) is 0 Å². The fourth-order valence-electron chi connectivity index (χ4n) is 3.00. The molecule has 2 aromatic carbocycles. The van der Waals surface area contributed by atoms with E-state index in [4.69, 9.17) is 9.15 Å². The van der Waals surface area contributed by atoms with Crippen LogP contribution in [0.15, 0.2) is 65.3 Å². The van der Waals surface area contributed by atoms with E-state index in [9.17, 15) is 13.2 Å². The lowest BCUT2D eigenvalue weighted by molar-refractivity contribution is 0.0468. The van der Waals surface area contributed by atoms with Crippen molar-refractivity contribution in [2.75, 3.05) is 16.6 Å². The molecule has 28 heavy (non-hydrogen) atoms. The molecule has 0 atom stereocenters. The first-order valence-electron chi connectivity index (χ1n) is 8.80. The van der Waals surface area contributed by atoms with Gasteiger partial charge in [0, 0.05) is 12.1 Å². The van der Waals surface area contributed by atoms with Crippen LogP contribution in [0.2, 0.25) is 0 Å². The normalized spacial score (nSPS) is 15.5. The number of esters is 1. The number of benzene rings is 2. The van der Waals surface area contributed by atoms with Crippen molar-refractivity contribution in [3.05, 3.63) is 72.1 Å². The summed E-state index contributed by atoms with van der Waals surface area (Å²) in [7, 11) is -3.24. The summed E-state index contributed by atoms with van der Waals surface area (Å²) in [5, 5.41) is 0. The zero-order valence-corrected chi connectivity index (χ0v) is 15.8. The van der Waals surface area contributed by atoms with Crippen molar-refractivity contribution in [1.29, 1.82) is 0 Å². The van der Waals surface area contributed by atoms with Crippen LogP contribution in [0.1, 0.15) is 22.5 Å². The van der Waals surface area contributed by atoms with Gasteiger partial charge in [0.15, 0.2) is 0 Å². The fourth-order valence-corrected chi connectivity index (χ4v) is 4.57. The van der Waals surface area contributed by atoms with Crippen LogP contribution in [0.25, 0.3) is 11.5 Å². The number of hydrogen-bond acceptors (Lipinski definition) is 6. The zero-order chi connectivity index (χ0) is 19.6. The van der Waals surface area contributed by atoms with Crippen molar-refractivity contribution in [2.24, 2.45) is 0 Å². The summed E-state index contributed by atoms with van der Waals surface area (Å²) in [4.78, 5) is 16.6. The Morgan fingerprint density at radius 3 is 2.54 bits per heavy atom. The number of hydrogen-bond donors (Lipinski definition) is 0. The standard InChI is InChI=1S/C20H18N2O5S/c23-20(16-7-9-18(10-8-16)22-11-4-12-28(22,24)25)27-14-17-13-26-19(21-17)15-5-2-1-3-6-15/h1-3,5-10,13H,4,11-12,14H2. The number of carbonyl (C=O) groups is 1. The molecule has 1 saturated heterocycles. The summed E-state index contributed by atoms with van der Waals surface area (Å²) in [5.41, 5.74) is 2.24. The average Bonchev–Trinajstić information content (AvgIpc) is 3.33. The van der Waals surface area contributed by atoms with E-state index in [1.807, 2.05) is 30.3 Å². The van der Waals surface area contributed by atoms with Crippen LogP contribution >= 0.6 is 0 Å². The summed E-state index contributed by atoms with van der Waals surface area (Å²) in [6.45, 7) is 0.444. The maximum atomic E-state index is 12.2. The Bertz CT molecular complexity index is 1080. The van der Waals surface area contributed by atoms with Gasteiger partial charge in [-0.2, -0.15) is 0 Å². The number of ether oxygens (including phenoxy) is 1. The van der Waals surface area contributed by atoms with E-state index in [0.717, 1.165) is 5.56 Å². The van der Waals surface area contributed by atoms with Gasteiger partial charge < -0.3 is 9.15 Å². The average molecular weight is 398 g/mol. The Balaban J connectivity index is 1.39. The van der Waals surface area contributed by atoms with Gasteiger partial charge in [0.05, 0.1) is 17.0 Å². The Hall–Kier alpha value is -3.13. The van der Waals surface area contributed by atoms with Gasteiger partial charge in [-0.1, -0.05) is 18.2 Å². The summed E-state index contributed by atoms with van der Waals surface area (Å²) < 4.78 is 36.0. The number of anilines is 1. The topological polar surface area (TPSA) is 89.7 Å². The molecule has 0 spiro atoms. The molecule has 3 aromatic rings. The molecule has 0 amide bonds. The van der Waals surface area contributed by atoms with Crippen LogP contribution in [-0.4, -0.2) is 31.7 Å². The molecule has 0 radical (unpaired) electrons. The first-order chi connectivity index (χ1) is 13.5. The van der Waals surface area contributed by atoms with Gasteiger partial charge in [-0.05, 0) is 42.8 Å². The highest BCUT2D eigenvalue weighted by Gasteiger charge is 2.28. The molecule has 7 nitrogen and oxygen atoms in total. The van der Waals surface area contributed by atoms with Gasteiger partial charge in [0.25, 0.3) is 0 Å². The van der Waals surface area contributed by atoms with Gasteiger partial charge in [0.2, 0.25) is 15.9 Å². The minimum Gasteiger partial charge on any atom is -0.455 e. The van der Waals surface area contributed by atoms with Crippen LogP contribution < -0.4 is 4.31 Å². The van der Waals surface area contributed by atoms with Gasteiger partial charge in [-0.3, -0.25) is 4.31 Å². The van der Waals surface area contributed by atoms with Crippen molar-refractivity contribution < 1.29 is 22.4 Å². The molecule has 8 heteroatoms. The molecule has 1 aliphatic heterocycles. The predicted molar refractivity (Wildman–Crippen MR) is 103 cm³/mol. The zero-order valence-electron chi connectivity index (χ0n) is 14.9. The number of rotatable bonds is 5. The Labute approximate surface area is 162 Å². The Morgan fingerprint density at radius 1 is 1.11 bits per heavy atom. The van der Waals surface area contributed by atoms with Crippen molar-refractivity contribution in [2.45, 2.75) is 13.0 Å². The summed E-state index contributed by atoms with van der Waals surface area (Å²) in [5.74, 6) is 0.0994. The maximum absolute atomic E-state index is 12.2. The minimum absolute atomic E-state index is 0.0164. The molecular weight excluding hydrogens is 380 g/mol. The monoisotopic (exact) mass is 398 g/mol. The van der Waals surface area contributed by atoms with E-state index in [1.165, 1.54) is 10.6 Å². The lowest BCUT2D eigenvalue weighted by Gasteiger charge is -2.16. The van der Waals surface area contributed by atoms with E-state index in [0.29, 0.717) is 35.8 Å². The maximum Gasteiger partial charge on any atom is 0.338 e. The van der Waals surface area contributed by atoms with E-state index in [-0.39, 0.29) is 12.4 Å². The lowest BCUT2D eigenvalue weighted by Crippen LogP contribution is -2.25. The summed E-state index contributed by atoms with van der Waals surface area (Å²) in [6, 6.07) is 15.8. The third kappa shape index (κ3) is 3.77. The largest absolute Gasteiger partial charge is 0.455 e. The number of oxazole rings is 1. The highest BCUT2D eigenvalue weighted by atomic mass is 32.2. The summed E-state index contributed by atoms with van der Waals surface area (Å²) >= 11 is 0. The number of nitrogens with zero attached hydrogens (tertiary/aromatic N) is 2. The third-order valence-electron chi connectivity index (χ3n) is 4.41. The molecule has 2 heterocycles. The molecule has 1 aromatic heterocycles. The minimum atomic E-state index is -3.24. The molecular formula is C20H18N2O5S. The molecule has 1 fully saturated rings. The van der Waals surface area contributed by atoms with E-state index in [1.54, 1.807) is 24.3 Å². The van der Waals surface area contributed by atoms with Crippen LogP contribution in [0, 0.1) is 0 Å². The van der Waals surface area contributed by atoms with Crippen molar-refractivity contribution in [1.82, 2.24) is 4.98 Å². The number of carbonyl (C=O) groups excluding carboxylic acids is 1. The highest BCUT2D eigenvalue weighted by molar-refractivity contribution is 7.93. The second-order valence-electron chi connectivity index (χ2n) is 6.37. The Morgan fingerprint density at radius 2 is 1.86 bits per heavy atom. The van der Waals surface area contributed by atoms with Crippen LogP contribution in [-0.2, 0) is 21.4 Å². The SMILES string of the molecule is O=C(OCc1coc(-c2ccccc2)n1)c1ccc(N2CCCS2(=O)=O)cc1. The number of sulfonamides is 1. The fraction of sp³-hybridized carbons (Fsp3) is 0.200. The van der Waals surface area contributed by atoms with Crippen molar-refractivity contribution >= 4 is 21.7 Å². The van der Waals surface area contributed by atoms with Gasteiger partial charge >= 0.3 is 5.97 Å². The van der Waals surface area contributed by atoms with Crippen LogP contribution in [0.5, 0.6) is 0 Å². The van der Waals surface area contributed by atoms with Gasteiger partial charge in [0.1, 0.15) is 18.6 Å². The smallest absolute Gasteiger partial charge is 0.338 e. The first-order valence-corrected chi connectivity index (χ1v) is 10.4. The van der Waals surface area contributed by atoms with Gasteiger partial charge in [-0.25, -0.2) is 18.2 Å². The molecule has 0 bridgehead atoms. The van der Waals surface area contributed by atoms with E-state index >= 15 is 0 Å². The quantitative estimate of drug-likeness (QED) is 0.613. The molecule has 0 unspecified atom stereocenters. The summed E-state index contributed by atoms with van der Waals surface area (Å²) in [6.07, 6.45) is 2.06. The first kappa shape index (κ1) is 18.2. The molecule has 0 aliphatic carbocycles. The molecule has 4 rings (SSSR count). The second-order valence-corrected chi connectivity index (χ2v) is 8.39. The third-order valence-corrected chi connectivity index (χ3v) is 6.28. The molecule has 1 aliphatic rings. The second kappa shape index (κ2) is 7.47. The predicted octanol–water partition coefficient (Wildman–Crippen LogP) is 3.24. The number of aromatic nitrogens is 1. The van der Waals surface area contributed by atoms with E-state index in [2.05, 4.69) is 4.98 Å². The highest BCUT2D eigenvalue weighted by Crippen LogP contribution is 2.24. The lowest BCUT2D eigenvalue weighted by atomic mass is 10.2. The van der Waals surface area contributed by atoms with Crippen LogP contribution in [0.4, 0.5) is 5.69 Å². The van der Waals surface area contributed by atoms with Crippen molar-refractivity contribution in [3.63, 3.8) is 0 Å². The molecule has 0 saturated carbocycles. The Kier molecular flexibility index (Phi) is 4.87.